The van der Waals surface area contributed by atoms with Crippen molar-refractivity contribution in [3.05, 3.63) is 41.9 Å². The van der Waals surface area contributed by atoms with Crippen molar-refractivity contribution in [3.63, 3.8) is 0 Å². The first kappa shape index (κ1) is 27.6. The minimum Gasteiger partial charge on any atom is -0.449 e. The monoisotopic (exact) mass is 474 g/mol. The van der Waals surface area contributed by atoms with Crippen LogP contribution in [0.1, 0.15) is 104 Å². The quantitative estimate of drug-likeness (QED) is 0.226. The third-order valence-corrected chi connectivity index (χ3v) is 7.39. The first-order valence-electron chi connectivity index (χ1n) is 12.8. The number of hydrogen-bond donors (Lipinski definition) is 2. The van der Waals surface area contributed by atoms with Crippen LogP contribution in [0.4, 0.5) is 5.82 Å². The van der Waals surface area contributed by atoms with Crippen LogP contribution >= 0.6 is 11.8 Å². The highest BCUT2D eigenvalue weighted by Crippen LogP contribution is 2.24. The summed E-state index contributed by atoms with van der Waals surface area (Å²) < 4.78 is 5.08. The summed E-state index contributed by atoms with van der Waals surface area (Å²) in [4.78, 5) is 11.8. The largest absolute Gasteiger partial charge is 0.449 e. The van der Waals surface area contributed by atoms with E-state index in [4.69, 9.17) is 4.42 Å². The van der Waals surface area contributed by atoms with Gasteiger partial charge in [-0.25, -0.2) is 4.98 Å². The van der Waals surface area contributed by atoms with E-state index in [2.05, 4.69) is 60.3 Å². The predicted molar refractivity (Wildman–Crippen MR) is 142 cm³/mol. The zero-order valence-corrected chi connectivity index (χ0v) is 22.3. The molecule has 0 aliphatic carbocycles. The number of aromatic nitrogens is 3. The van der Waals surface area contributed by atoms with Crippen molar-refractivity contribution in [2.75, 3.05) is 11.1 Å². The number of allylic oxidation sites excluding steroid dienone is 1. The van der Waals surface area contributed by atoms with Crippen LogP contribution in [0.15, 0.2) is 40.4 Å². The summed E-state index contributed by atoms with van der Waals surface area (Å²) in [7, 11) is 0. The van der Waals surface area contributed by atoms with Gasteiger partial charge in [0.05, 0.1) is 6.04 Å². The summed E-state index contributed by atoms with van der Waals surface area (Å²) in [6.07, 6.45) is 18.9. The summed E-state index contributed by atoms with van der Waals surface area (Å²) in [5.41, 5.74) is 1.46. The number of oxazole rings is 1. The minimum absolute atomic E-state index is 0.0620. The molecule has 0 radical (unpaired) electrons. The summed E-state index contributed by atoms with van der Waals surface area (Å²) in [5, 5.41) is 5.70. The van der Waals surface area contributed by atoms with Crippen molar-refractivity contribution in [2.24, 2.45) is 17.8 Å². The molecule has 33 heavy (non-hydrogen) atoms. The number of nitrogens with one attached hydrogen (secondary N) is 2. The van der Waals surface area contributed by atoms with Gasteiger partial charge >= 0.3 is 0 Å². The zero-order valence-electron chi connectivity index (χ0n) is 21.5. The molecule has 186 valence electrons. The summed E-state index contributed by atoms with van der Waals surface area (Å²) in [6, 6.07) is 0.0620. The molecule has 6 heteroatoms. The fourth-order valence-electron chi connectivity index (χ4n) is 4.17. The molecule has 0 aliphatic heterocycles. The molecule has 2 aromatic rings. The van der Waals surface area contributed by atoms with Gasteiger partial charge in [-0.2, -0.15) is 4.98 Å². The Morgan fingerprint density at radius 1 is 1.03 bits per heavy atom. The van der Waals surface area contributed by atoms with Crippen LogP contribution in [-0.4, -0.2) is 20.7 Å². The Kier molecular flexibility index (Phi) is 13.4. The molecule has 0 aliphatic rings. The highest BCUT2D eigenvalue weighted by molar-refractivity contribution is 8.02. The molecule has 2 N–H and O–H groups in total. The molecule has 2 heterocycles. The molecular formula is C27H46N4OS. The molecule has 3 unspecified atom stereocenters. The fourth-order valence-corrected chi connectivity index (χ4v) is 5.10. The van der Waals surface area contributed by atoms with E-state index in [1.165, 1.54) is 69.8 Å². The molecule has 0 spiro atoms. The van der Waals surface area contributed by atoms with E-state index in [-0.39, 0.29) is 6.04 Å². The standard InChI is InChI=1S/C27H46N4OS/c1-21(2)9-6-10-22(3)11-7-12-23(4)13-8-14-24(5)18-33-19-25(27-28-15-16-29-27)31-26-17-32-20-30-26/h15-18,20-23,25,31H,6-14,19H2,1-5H3,(H,28,29). The van der Waals surface area contributed by atoms with E-state index in [0.29, 0.717) is 0 Å². The molecule has 2 aromatic heterocycles. The average molecular weight is 475 g/mol. The summed E-state index contributed by atoms with van der Waals surface area (Å²) in [5.74, 6) is 5.10. The van der Waals surface area contributed by atoms with Gasteiger partial charge in [-0.3, -0.25) is 0 Å². The third kappa shape index (κ3) is 12.4. The van der Waals surface area contributed by atoms with Gasteiger partial charge < -0.3 is 14.7 Å². The number of thioether (sulfide) groups is 1. The van der Waals surface area contributed by atoms with Crippen LogP contribution < -0.4 is 5.32 Å². The Bertz CT molecular complexity index is 742. The SMILES string of the molecule is CC(=CSCC(Nc1cocn1)c1ncc[nH]1)CCCC(C)CCCC(C)CCCC(C)C. The molecule has 0 fully saturated rings. The Balaban J connectivity index is 1.59. The highest BCUT2D eigenvalue weighted by atomic mass is 32.2. The molecule has 0 amide bonds. The van der Waals surface area contributed by atoms with Crippen LogP contribution in [0.25, 0.3) is 0 Å². The Labute approximate surface area is 206 Å². The lowest BCUT2D eigenvalue weighted by Crippen LogP contribution is -2.15. The lowest BCUT2D eigenvalue weighted by Gasteiger charge is -2.15. The Hall–Kier alpha value is -1.69. The average Bonchev–Trinajstić information content (AvgIpc) is 3.47. The van der Waals surface area contributed by atoms with Gasteiger partial charge in [0.1, 0.15) is 12.1 Å². The second-order valence-corrected chi connectivity index (χ2v) is 11.1. The van der Waals surface area contributed by atoms with E-state index in [1.54, 1.807) is 12.5 Å². The fraction of sp³-hybridized carbons (Fsp3) is 0.704. The molecule has 0 saturated heterocycles. The van der Waals surface area contributed by atoms with Crippen molar-refractivity contribution in [1.82, 2.24) is 15.0 Å². The predicted octanol–water partition coefficient (Wildman–Crippen LogP) is 8.63. The summed E-state index contributed by atoms with van der Waals surface area (Å²) in [6.45, 7) is 11.8. The maximum Gasteiger partial charge on any atom is 0.182 e. The minimum atomic E-state index is 0.0620. The van der Waals surface area contributed by atoms with Crippen molar-refractivity contribution >= 4 is 17.6 Å². The van der Waals surface area contributed by atoms with Gasteiger partial charge in [0.2, 0.25) is 0 Å². The molecule has 0 aromatic carbocycles. The molecule has 5 nitrogen and oxygen atoms in total. The van der Waals surface area contributed by atoms with Crippen LogP contribution in [0.3, 0.4) is 0 Å². The molecule has 3 atom stereocenters. The topological polar surface area (TPSA) is 66.7 Å². The van der Waals surface area contributed by atoms with Gasteiger partial charge in [-0.1, -0.05) is 78.2 Å². The molecule has 0 saturated carbocycles. The maximum absolute atomic E-state index is 5.08. The maximum atomic E-state index is 5.08. The van der Waals surface area contributed by atoms with Crippen LogP contribution in [-0.2, 0) is 0 Å². The Morgan fingerprint density at radius 2 is 1.73 bits per heavy atom. The highest BCUT2D eigenvalue weighted by Gasteiger charge is 2.15. The summed E-state index contributed by atoms with van der Waals surface area (Å²) >= 11 is 1.83. The van der Waals surface area contributed by atoms with Gasteiger partial charge in [0, 0.05) is 18.1 Å². The second-order valence-electron chi connectivity index (χ2n) is 10.2. The van der Waals surface area contributed by atoms with E-state index in [1.807, 2.05) is 18.0 Å². The molecule has 0 bridgehead atoms. The third-order valence-electron chi connectivity index (χ3n) is 6.29. The molecule has 2 rings (SSSR count). The van der Waals surface area contributed by atoms with E-state index < -0.39 is 0 Å². The van der Waals surface area contributed by atoms with Crippen molar-refractivity contribution in [1.29, 1.82) is 0 Å². The van der Waals surface area contributed by atoms with E-state index >= 15 is 0 Å². The number of anilines is 1. The second kappa shape index (κ2) is 16.0. The molecular weight excluding hydrogens is 428 g/mol. The van der Waals surface area contributed by atoms with E-state index in [0.717, 1.165) is 35.1 Å². The van der Waals surface area contributed by atoms with Crippen molar-refractivity contribution in [2.45, 2.75) is 98.4 Å². The first-order chi connectivity index (χ1) is 15.9. The number of imidazole rings is 1. The first-order valence-corrected chi connectivity index (χ1v) is 13.9. The number of hydrogen-bond acceptors (Lipinski definition) is 5. The number of rotatable bonds is 18. The number of H-pyrrole nitrogens is 1. The lowest BCUT2D eigenvalue weighted by molar-refractivity contribution is 0.389. The zero-order chi connectivity index (χ0) is 23.9. The number of nitrogens with zero attached hydrogens (tertiary/aromatic N) is 2. The van der Waals surface area contributed by atoms with Gasteiger partial charge in [-0.15, -0.1) is 11.8 Å². The smallest absolute Gasteiger partial charge is 0.182 e. The lowest BCUT2D eigenvalue weighted by atomic mass is 9.91. The van der Waals surface area contributed by atoms with Crippen molar-refractivity contribution in [3.8, 4) is 0 Å². The van der Waals surface area contributed by atoms with Crippen LogP contribution in [0, 0.1) is 17.8 Å². The van der Waals surface area contributed by atoms with Gasteiger partial charge in [0.15, 0.2) is 12.2 Å². The van der Waals surface area contributed by atoms with Crippen LogP contribution in [0.5, 0.6) is 0 Å². The number of aromatic amines is 1. The van der Waals surface area contributed by atoms with Crippen molar-refractivity contribution < 1.29 is 4.42 Å². The van der Waals surface area contributed by atoms with Gasteiger partial charge in [0.25, 0.3) is 0 Å². The normalized spacial score (nSPS) is 15.0. The Morgan fingerprint density at radius 3 is 2.33 bits per heavy atom. The van der Waals surface area contributed by atoms with E-state index in [9.17, 15) is 0 Å². The van der Waals surface area contributed by atoms with Gasteiger partial charge in [-0.05, 0) is 42.9 Å². The van der Waals surface area contributed by atoms with Crippen LogP contribution in [0.2, 0.25) is 0 Å².